The van der Waals surface area contributed by atoms with Crippen LogP contribution in [0.3, 0.4) is 0 Å². The normalized spacial score (nSPS) is 23.1. The second-order valence-electron chi connectivity index (χ2n) is 9.54. The van der Waals surface area contributed by atoms with Gasteiger partial charge in [-0.2, -0.15) is 18.3 Å². The number of nitrogens with one attached hydrogen (secondary N) is 3. The van der Waals surface area contributed by atoms with Gasteiger partial charge in [-0.1, -0.05) is 6.92 Å². The Bertz CT molecular complexity index is 1220. The Morgan fingerprint density at radius 3 is 2.62 bits per heavy atom. The maximum absolute atomic E-state index is 14.0. The van der Waals surface area contributed by atoms with E-state index in [1.807, 2.05) is 20.8 Å². The van der Waals surface area contributed by atoms with E-state index in [0.29, 0.717) is 30.5 Å². The van der Waals surface area contributed by atoms with Gasteiger partial charge in [0.05, 0.1) is 16.8 Å². The monoisotopic (exact) mass is 477 g/mol. The lowest BCUT2D eigenvalue weighted by Gasteiger charge is -2.46. The number of hydrogen-bond acceptors (Lipinski definition) is 4. The fourth-order valence-corrected chi connectivity index (χ4v) is 5.02. The lowest BCUT2D eigenvalue weighted by atomic mass is 9.72. The number of pyridine rings is 1. The quantitative estimate of drug-likeness (QED) is 0.417. The van der Waals surface area contributed by atoms with Crippen LogP contribution in [0.1, 0.15) is 68.2 Å². The van der Waals surface area contributed by atoms with Crippen LogP contribution >= 0.6 is 0 Å². The van der Waals surface area contributed by atoms with E-state index < -0.39 is 28.8 Å². The van der Waals surface area contributed by atoms with Gasteiger partial charge in [0.15, 0.2) is 0 Å². The number of rotatable bonds is 5. The molecule has 6 nitrogen and oxygen atoms in total. The van der Waals surface area contributed by atoms with Crippen LogP contribution < -0.4 is 10.6 Å². The standard InChI is InChI=1S/C24H27F4N5O/c1-4-17-16(12-29-33-17)21(34)32-23(3)9-5-8-22(2,13-23)31-19-11-20(24(26,27)28)30-18-7-6-14(25)10-15(18)19/h6-7,10-12H,4-5,8-9,13H2,1-3H3,(H,29,33)(H,30,31)(H,32,34)/t22-,23+/m0/s1. The van der Waals surface area contributed by atoms with Crippen LogP contribution in [-0.2, 0) is 12.6 Å². The summed E-state index contributed by atoms with van der Waals surface area (Å²) in [6.45, 7) is 5.75. The van der Waals surface area contributed by atoms with Gasteiger partial charge in [0.1, 0.15) is 11.5 Å². The van der Waals surface area contributed by atoms with E-state index in [-0.39, 0.29) is 22.5 Å². The van der Waals surface area contributed by atoms with E-state index in [2.05, 4.69) is 25.8 Å². The van der Waals surface area contributed by atoms with E-state index in [4.69, 9.17) is 0 Å². The molecule has 4 rings (SSSR count). The predicted octanol–water partition coefficient (Wildman–Crippen LogP) is 5.61. The first-order chi connectivity index (χ1) is 15.9. The number of amides is 1. The van der Waals surface area contributed by atoms with Gasteiger partial charge in [0.25, 0.3) is 5.91 Å². The van der Waals surface area contributed by atoms with Crippen molar-refractivity contribution in [3.05, 3.63) is 53.2 Å². The highest BCUT2D eigenvalue weighted by atomic mass is 19.4. The molecule has 2 atom stereocenters. The minimum Gasteiger partial charge on any atom is -0.379 e. The summed E-state index contributed by atoms with van der Waals surface area (Å²) >= 11 is 0. The van der Waals surface area contributed by atoms with Crippen molar-refractivity contribution in [2.45, 2.75) is 70.1 Å². The largest absolute Gasteiger partial charge is 0.433 e. The molecular formula is C24H27F4N5O. The van der Waals surface area contributed by atoms with Gasteiger partial charge in [-0.3, -0.25) is 9.89 Å². The maximum Gasteiger partial charge on any atom is 0.433 e. The van der Waals surface area contributed by atoms with Gasteiger partial charge in [0, 0.05) is 28.3 Å². The number of hydrogen-bond donors (Lipinski definition) is 3. The van der Waals surface area contributed by atoms with Crippen molar-refractivity contribution in [1.29, 1.82) is 0 Å². The van der Waals surface area contributed by atoms with Crippen molar-refractivity contribution < 1.29 is 22.4 Å². The number of aromatic amines is 1. The van der Waals surface area contributed by atoms with Crippen LogP contribution in [0.25, 0.3) is 10.9 Å². The first kappa shape index (κ1) is 24.0. The van der Waals surface area contributed by atoms with Crippen LogP contribution in [0.5, 0.6) is 0 Å². The van der Waals surface area contributed by atoms with Gasteiger partial charge in [-0.05, 0) is 70.2 Å². The minimum absolute atomic E-state index is 0.0567. The molecule has 0 saturated heterocycles. The third kappa shape index (κ3) is 4.85. The molecule has 34 heavy (non-hydrogen) atoms. The number of anilines is 1. The Kier molecular flexibility index (Phi) is 6.03. The Hall–Kier alpha value is -3.17. The molecule has 0 aliphatic heterocycles. The molecule has 2 heterocycles. The molecule has 1 fully saturated rings. The highest BCUT2D eigenvalue weighted by Gasteiger charge is 2.41. The Morgan fingerprint density at radius 2 is 1.91 bits per heavy atom. The molecule has 182 valence electrons. The molecule has 2 aromatic heterocycles. The van der Waals surface area contributed by atoms with Crippen LogP contribution in [0.4, 0.5) is 23.2 Å². The van der Waals surface area contributed by atoms with E-state index in [0.717, 1.165) is 25.0 Å². The zero-order valence-electron chi connectivity index (χ0n) is 19.2. The van der Waals surface area contributed by atoms with E-state index >= 15 is 0 Å². The molecule has 1 aliphatic carbocycles. The summed E-state index contributed by atoms with van der Waals surface area (Å²) in [6, 6.07) is 4.45. The lowest BCUT2D eigenvalue weighted by molar-refractivity contribution is -0.140. The maximum atomic E-state index is 14.0. The van der Waals surface area contributed by atoms with Crippen molar-refractivity contribution in [2.24, 2.45) is 0 Å². The molecule has 0 unspecified atom stereocenters. The molecule has 1 amide bonds. The summed E-state index contributed by atoms with van der Waals surface area (Å²) in [4.78, 5) is 16.6. The van der Waals surface area contributed by atoms with Crippen LogP contribution in [0, 0.1) is 5.82 Å². The molecule has 10 heteroatoms. The van der Waals surface area contributed by atoms with Crippen molar-refractivity contribution in [1.82, 2.24) is 20.5 Å². The average molecular weight is 478 g/mol. The summed E-state index contributed by atoms with van der Waals surface area (Å²) in [5, 5.41) is 13.4. The van der Waals surface area contributed by atoms with Crippen molar-refractivity contribution in [2.75, 3.05) is 5.32 Å². The van der Waals surface area contributed by atoms with Gasteiger partial charge in [-0.15, -0.1) is 0 Å². The number of fused-ring (bicyclic) bond motifs is 1. The molecule has 1 aliphatic rings. The molecular weight excluding hydrogens is 450 g/mol. The summed E-state index contributed by atoms with van der Waals surface area (Å²) in [5.74, 6) is -0.803. The zero-order chi connectivity index (χ0) is 24.7. The number of aryl methyl sites for hydroxylation is 1. The molecule has 0 bridgehead atoms. The van der Waals surface area contributed by atoms with Crippen LogP contribution in [0.2, 0.25) is 0 Å². The Morgan fingerprint density at radius 1 is 1.18 bits per heavy atom. The van der Waals surface area contributed by atoms with Gasteiger partial charge < -0.3 is 10.6 Å². The van der Waals surface area contributed by atoms with Crippen molar-refractivity contribution in [3.63, 3.8) is 0 Å². The third-order valence-electron chi connectivity index (χ3n) is 6.45. The lowest BCUT2D eigenvalue weighted by Crippen LogP contribution is -2.55. The highest BCUT2D eigenvalue weighted by molar-refractivity contribution is 5.95. The number of carbonyl (C=O) groups excluding carboxylic acids is 1. The molecule has 0 spiro atoms. The summed E-state index contributed by atoms with van der Waals surface area (Å²) in [5.41, 5.74) is -0.915. The van der Waals surface area contributed by atoms with E-state index in [9.17, 15) is 22.4 Å². The Labute approximate surface area is 194 Å². The number of alkyl halides is 3. The molecule has 3 N–H and O–H groups in total. The number of nitrogens with zero attached hydrogens (tertiary/aromatic N) is 2. The number of carbonyl (C=O) groups is 1. The fraction of sp³-hybridized carbons (Fsp3) is 0.458. The summed E-state index contributed by atoms with van der Waals surface area (Å²) < 4.78 is 54.4. The van der Waals surface area contributed by atoms with Crippen LogP contribution in [-0.4, -0.2) is 32.2 Å². The second-order valence-corrected chi connectivity index (χ2v) is 9.54. The van der Waals surface area contributed by atoms with Crippen LogP contribution in [0.15, 0.2) is 30.5 Å². The Balaban J connectivity index is 1.63. The minimum atomic E-state index is -4.64. The number of aromatic nitrogens is 3. The molecule has 1 aromatic carbocycles. The van der Waals surface area contributed by atoms with E-state index in [1.165, 1.54) is 12.1 Å². The number of H-pyrrole nitrogens is 1. The average Bonchev–Trinajstić information content (AvgIpc) is 3.21. The molecule has 3 aromatic rings. The molecule has 1 saturated carbocycles. The van der Waals surface area contributed by atoms with Gasteiger partial charge >= 0.3 is 6.18 Å². The zero-order valence-corrected chi connectivity index (χ0v) is 19.2. The number of benzene rings is 1. The summed E-state index contributed by atoms with van der Waals surface area (Å²) in [7, 11) is 0. The first-order valence-electron chi connectivity index (χ1n) is 11.2. The van der Waals surface area contributed by atoms with Gasteiger partial charge in [0.2, 0.25) is 0 Å². The molecule has 0 radical (unpaired) electrons. The first-order valence-corrected chi connectivity index (χ1v) is 11.2. The smallest absolute Gasteiger partial charge is 0.379 e. The van der Waals surface area contributed by atoms with Crippen molar-refractivity contribution in [3.8, 4) is 0 Å². The van der Waals surface area contributed by atoms with E-state index in [1.54, 1.807) is 6.20 Å². The number of halogens is 4. The fourth-order valence-electron chi connectivity index (χ4n) is 5.02. The summed E-state index contributed by atoms with van der Waals surface area (Å²) in [6.07, 6.45) is 0.126. The predicted molar refractivity (Wildman–Crippen MR) is 121 cm³/mol. The second kappa shape index (κ2) is 8.56. The van der Waals surface area contributed by atoms with Crippen molar-refractivity contribution >= 4 is 22.5 Å². The van der Waals surface area contributed by atoms with Gasteiger partial charge in [-0.25, -0.2) is 9.37 Å². The third-order valence-corrected chi connectivity index (χ3v) is 6.45. The topological polar surface area (TPSA) is 82.7 Å². The SMILES string of the molecule is CCc1n[nH]cc1C(=O)N[C@]1(C)CCC[C@](C)(Nc2cc(C(F)(F)F)nc3ccc(F)cc23)C1. The highest BCUT2D eigenvalue weighted by Crippen LogP contribution is 2.40.